The molecule has 0 aliphatic carbocycles. The highest BCUT2D eigenvalue weighted by molar-refractivity contribution is 6.02. The predicted octanol–water partition coefficient (Wildman–Crippen LogP) is 2.08. The number of hydrogen-bond donors (Lipinski definition) is 1. The quantitative estimate of drug-likeness (QED) is 0.843. The van der Waals surface area contributed by atoms with Crippen molar-refractivity contribution in [2.75, 3.05) is 7.11 Å². The molecule has 1 aromatic carbocycles. The summed E-state index contributed by atoms with van der Waals surface area (Å²) in [7, 11) is 1.32. The number of methoxy groups -OCH3 is 1. The number of hydrogen-bond acceptors (Lipinski definition) is 3. The van der Waals surface area contributed by atoms with E-state index in [1.807, 2.05) is 0 Å². The molecule has 0 aliphatic heterocycles. The number of ether oxygens (including phenoxy) is 1. The van der Waals surface area contributed by atoms with Crippen molar-refractivity contribution >= 4 is 16.9 Å². The van der Waals surface area contributed by atoms with E-state index in [1.165, 1.54) is 25.4 Å². The van der Waals surface area contributed by atoms with Gasteiger partial charge < -0.3 is 9.84 Å². The van der Waals surface area contributed by atoms with Gasteiger partial charge in [0.05, 0.1) is 18.2 Å². The second kappa shape index (κ2) is 3.77. The molecule has 4 nitrogen and oxygen atoms in total. The van der Waals surface area contributed by atoms with Gasteiger partial charge in [-0.25, -0.2) is 9.18 Å². The van der Waals surface area contributed by atoms with Crippen molar-refractivity contribution in [2.45, 2.75) is 0 Å². The van der Waals surface area contributed by atoms with Gasteiger partial charge in [0.1, 0.15) is 0 Å². The van der Waals surface area contributed by atoms with E-state index in [4.69, 9.17) is 9.84 Å². The summed E-state index contributed by atoms with van der Waals surface area (Å²) in [4.78, 5) is 14.8. The number of carboxylic acid groups (broad SMARTS) is 1. The van der Waals surface area contributed by atoms with Crippen molar-refractivity contribution in [3.05, 3.63) is 35.8 Å². The van der Waals surface area contributed by atoms with Gasteiger partial charge >= 0.3 is 5.97 Å². The Morgan fingerprint density at radius 2 is 2.25 bits per heavy atom. The highest BCUT2D eigenvalue weighted by Gasteiger charge is 2.12. The fourth-order valence-corrected chi connectivity index (χ4v) is 1.49. The normalized spacial score (nSPS) is 10.4. The van der Waals surface area contributed by atoms with Crippen molar-refractivity contribution in [3.63, 3.8) is 0 Å². The molecule has 0 aliphatic rings. The van der Waals surface area contributed by atoms with Crippen LogP contribution < -0.4 is 4.74 Å². The summed E-state index contributed by atoms with van der Waals surface area (Å²) in [5.41, 5.74) is 0.363. The minimum absolute atomic E-state index is 0.00278. The second-order valence-electron chi connectivity index (χ2n) is 3.17. The zero-order valence-corrected chi connectivity index (χ0v) is 8.40. The number of nitrogens with zero attached hydrogens (tertiary/aromatic N) is 1. The van der Waals surface area contributed by atoms with Crippen LogP contribution in [0.25, 0.3) is 10.9 Å². The monoisotopic (exact) mass is 221 g/mol. The summed E-state index contributed by atoms with van der Waals surface area (Å²) in [5.74, 6) is -1.64. The molecule has 0 amide bonds. The summed E-state index contributed by atoms with van der Waals surface area (Å²) >= 11 is 0. The van der Waals surface area contributed by atoms with E-state index < -0.39 is 11.8 Å². The van der Waals surface area contributed by atoms with E-state index in [-0.39, 0.29) is 11.3 Å². The molecule has 0 atom stereocenters. The van der Waals surface area contributed by atoms with E-state index in [0.717, 1.165) is 6.07 Å². The van der Waals surface area contributed by atoms with E-state index in [1.54, 1.807) is 0 Å². The summed E-state index contributed by atoms with van der Waals surface area (Å²) in [5, 5.41) is 9.31. The maximum atomic E-state index is 13.3. The molecule has 1 N–H and O–H groups in total. The zero-order chi connectivity index (χ0) is 11.7. The average Bonchev–Trinajstić information content (AvgIpc) is 2.26. The Labute approximate surface area is 90.3 Å². The fraction of sp³-hybridized carbons (Fsp3) is 0.0909. The zero-order valence-electron chi connectivity index (χ0n) is 8.40. The smallest absolute Gasteiger partial charge is 0.336 e. The number of aromatic carboxylic acids is 1. The lowest BCUT2D eigenvalue weighted by molar-refractivity contribution is 0.0699. The molecule has 82 valence electrons. The minimum atomic E-state index is -1.08. The van der Waals surface area contributed by atoms with E-state index in [9.17, 15) is 9.18 Å². The Morgan fingerprint density at radius 1 is 1.50 bits per heavy atom. The predicted molar refractivity (Wildman–Crippen MR) is 55.2 cm³/mol. The summed E-state index contributed by atoms with van der Waals surface area (Å²) in [6.07, 6.45) is 1.33. The minimum Gasteiger partial charge on any atom is -0.494 e. The standard InChI is InChI=1S/C11H8FNO3/c1-16-10-4-7-6(11(14)15)2-3-13-9(7)5-8(10)12/h2-5H,1H3,(H,14,15). The lowest BCUT2D eigenvalue weighted by Crippen LogP contribution is -1.99. The first-order valence-corrected chi connectivity index (χ1v) is 4.49. The fourth-order valence-electron chi connectivity index (χ4n) is 1.49. The van der Waals surface area contributed by atoms with Crippen LogP contribution in [0.3, 0.4) is 0 Å². The van der Waals surface area contributed by atoms with Gasteiger partial charge in [0.15, 0.2) is 11.6 Å². The molecular formula is C11H8FNO3. The summed E-state index contributed by atoms with van der Waals surface area (Å²) < 4.78 is 18.1. The van der Waals surface area contributed by atoms with Gasteiger partial charge in [-0.15, -0.1) is 0 Å². The number of fused-ring (bicyclic) bond motifs is 1. The van der Waals surface area contributed by atoms with Crippen LogP contribution in [0.15, 0.2) is 24.4 Å². The number of aromatic nitrogens is 1. The molecule has 0 unspecified atom stereocenters. The van der Waals surface area contributed by atoms with Crippen LogP contribution in [0.5, 0.6) is 5.75 Å². The number of halogens is 1. The van der Waals surface area contributed by atoms with Gasteiger partial charge in [-0.2, -0.15) is 0 Å². The number of rotatable bonds is 2. The third-order valence-electron chi connectivity index (χ3n) is 2.25. The van der Waals surface area contributed by atoms with Crippen LogP contribution in [-0.2, 0) is 0 Å². The van der Waals surface area contributed by atoms with Crippen molar-refractivity contribution in [1.82, 2.24) is 4.98 Å². The summed E-state index contributed by atoms with van der Waals surface area (Å²) in [6, 6.07) is 3.85. The van der Waals surface area contributed by atoms with Gasteiger partial charge in [0.25, 0.3) is 0 Å². The van der Waals surface area contributed by atoms with Crippen LogP contribution in [0.2, 0.25) is 0 Å². The van der Waals surface area contributed by atoms with Gasteiger partial charge in [0, 0.05) is 17.6 Å². The number of carboxylic acids is 1. The first-order chi connectivity index (χ1) is 7.63. The van der Waals surface area contributed by atoms with Crippen molar-refractivity contribution in [3.8, 4) is 5.75 Å². The molecule has 0 saturated carbocycles. The Morgan fingerprint density at radius 3 is 2.88 bits per heavy atom. The Bertz CT molecular complexity index is 568. The first-order valence-electron chi connectivity index (χ1n) is 4.49. The third kappa shape index (κ3) is 1.56. The van der Waals surface area contributed by atoms with Gasteiger partial charge in [-0.05, 0) is 12.1 Å². The van der Waals surface area contributed by atoms with Gasteiger partial charge in [0.2, 0.25) is 0 Å². The number of pyridine rings is 1. The second-order valence-corrected chi connectivity index (χ2v) is 3.17. The Kier molecular flexibility index (Phi) is 2.44. The molecule has 1 heterocycles. The van der Waals surface area contributed by atoms with Crippen LogP contribution in [0.4, 0.5) is 4.39 Å². The first kappa shape index (κ1) is 10.4. The molecule has 5 heteroatoms. The van der Waals surface area contributed by atoms with Crippen LogP contribution in [0, 0.1) is 5.82 Å². The van der Waals surface area contributed by atoms with Crippen molar-refractivity contribution in [1.29, 1.82) is 0 Å². The lowest BCUT2D eigenvalue weighted by Gasteiger charge is -2.05. The van der Waals surface area contributed by atoms with Gasteiger partial charge in [-0.3, -0.25) is 4.98 Å². The molecule has 0 bridgehead atoms. The highest BCUT2D eigenvalue weighted by Crippen LogP contribution is 2.25. The number of benzene rings is 1. The average molecular weight is 221 g/mol. The van der Waals surface area contributed by atoms with E-state index in [0.29, 0.717) is 10.9 Å². The van der Waals surface area contributed by atoms with Crippen molar-refractivity contribution < 1.29 is 19.0 Å². The third-order valence-corrected chi connectivity index (χ3v) is 2.25. The molecule has 2 aromatic rings. The summed E-state index contributed by atoms with van der Waals surface area (Å²) in [6.45, 7) is 0. The maximum Gasteiger partial charge on any atom is 0.336 e. The van der Waals surface area contributed by atoms with E-state index in [2.05, 4.69) is 4.98 Å². The molecule has 2 rings (SSSR count). The topological polar surface area (TPSA) is 59.4 Å². The molecule has 0 spiro atoms. The van der Waals surface area contributed by atoms with Crippen LogP contribution in [-0.4, -0.2) is 23.2 Å². The SMILES string of the molecule is COc1cc2c(C(=O)O)ccnc2cc1F. The molecule has 0 radical (unpaired) electrons. The maximum absolute atomic E-state index is 13.3. The Balaban J connectivity index is 2.81. The molecular weight excluding hydrogens is 213 g/mol. The van der Waals surface area contributed by atoms with Gasteiger partial charge in [-0.1, -0.05) is 0 Å². The van der Waals surface area contributed by atoms with E-state index >= 15 is 0 Å². The lowest BCUT2D eigenvalue weighted by atomic mass is 10.1. The van der Waals surface area contributed by atoms with Crippen LogP contribution >= 0.6 is 0 Å². The number of carbonyl (C=O) groups is 1. The largest absolute Gasteiger partial charge is 0.494 e. The molecule has 0 fully saturated rings. The molecule has 0 saturated heterocycles. The van der Waals surface area contributed by atoms with Crippen molar-refractivity contribution in [2.24, 2.45) is 0 Å². The Hall–Kier alpha value is -2.17. The molecule has 1 aromatic heterocycles. The van der Waals surface area contributed by atoms with Crippen LogP contribution in [0.1, 0.15) is 10.4 Å². The molecule has 16 heavy (non-hydrogen) atoms. The highest BCUT2D eigenvalue weighted by atomic mass is 19.1.